The van der Waals surface area contributed by atoms with Crippen LogP contribution in [-0.2, 0) is 0 Å². The second kappa shape index (κ2) is 10.3. The van der Waals surface area contributed by atoms with Gasteiger partial charge in [0.1, 0.15) is 5.75 Å². The van der Waals surface area contributed by atoms with Crippen LogP contribution in [0.1, 0.15) is 68.6 Å². The number of hydrogen-bond donors (Lipinski definition) is 2. The number of benzene rings is 1. The zero-order valence-corrected chi connectivity index (χ0v) is 14.8. The predicted octanol–water partition coefficient (Wildman–Crippen LogP) is 3.93. The number of rotatable bonds is 9. The van der Waals surface area contributed by atoms with Gasteiger partial charge in [0.2, 0.25) is 0 Å². The van der Waals surface area contributed by atoms with Gasteiger partial charge in [-0.2, -0.15) is 0 Å². The third-order valence-electron chi connectivity index (χ3n) is 4.84. The van der Waals surface area contributed by atoms with Crippen molar-refractivity contribution in [3.8, 4) is 5.75 Å². The first-order valence-electron chi connectivity index (χ1n) is 9.38. The summed E-state index contributed by atoms with van der Waals surface area (Å²) in [5.41, 5.74) is 0.587. The SMILES string of the molecule is CCCCC1CCC(NC(=O)c2ccccc2OCCCO)CC1. The van der Waals surface area contributed by atoms with Crippen LogP contribution in [0.15, 0.2) is 24.3 Å². The van der Waals surface area contributed by atoms with E-state index in [0.717, 1.165) is 18.8 Å². The fourth-order valence-corrected chi connectivity index (χ4v) is 3.38. The first-order valence-corrected chi connectivity index (χ1v) is 9.38. The predicted molar refractivity (Wildman–Crippen MR) is 96.4 cm³/mol. The molecule has 0 aliphatic heterocycles. The van der Waals surface area contributed by atoms with Crippen LogP contribution in [0, 0.1) is 5.92 Å². The monoisotopic (exact) mass is 333 g/mol. The van der Waals surface area contributed by atoms with Crippen LogP contribution in [-0.4, -0.2) is 30.3 Å². The van der Waals surface area contributed by atoms with Crippen molar-refractivity contribution in [3.63, 3.8) is 0 Å². The van der Waals surface area contributed by atoms with Crippen molar-refractivity contribution in [2.45, 2.75) is 64.3 Å². The highest BCUT2D eigenvalue weighted by Crippen LogP contribution is 2.28. The number of carbonyl (C=O) groups is 1. The smallest absolute Gasteiger partial charge is 0.255 e. The summed E-state index contributed by atoms with van der Waals surface area (Å²) in [6, 6.07) is 7.62. The van der Waals surface area contributed by atoms with Gasteiger partial charge in [0, 0.05) is 19.1 Å². The Morgan fingerprint density at radius 3 is 2.67 bits per heavy atom. The average Bonchev–Trinajstić information content (AvgIpc) is 2.62. The molecule has 4 nitrogen and oxygen atoms in total. The molecule has 1 aromatic rings. The maximum absolute atomic E-state index is 12.6. The van der Waals surface area contributed by atoms with Crippen molar-refractivity contribution in [2.75, 3.05) is 13.2 Å². The molecular formula is C20H31NO3. The van der Waals surface area contributed by atoms with Crippen LogP contribution in [0.5, 0.6) is 5.75 Å². The lowest BCUT2D eigenvalue weighted by atomic mass is 9.83. The topological polar surface area (TPSA) is 58.6 Å². The minimum absolute atomic E-state index is 0.0494. The number of ether oxygens (including phenoxy) is 1. The summed E-state index contributed by atoms with van der Waals surface area (Å²) < 4.78 is 5.63. The fourth-order valence-electron chi connectivity index (χ4n) is 3.38. The maximum Gasteiger partial charge on any atom is 0.255 e. The van der Waals surface area contributed by atoms with Gasteiger partial charge in [-0.15, -0.1) is 0 Å². The van der Waals surface area contributed by atoms with Crippen molar-refractivity contribution in [1.29, 1.82) is 0 Å². The van der Waals surface area contributed by atoms with Gasteiger partial charge in [-0.05, 0) is 43.7 Å². The highest BCUT2D eigenvalue weighted by atomic mass is 16.5. The lowest BCUT2D eigenvalue weighted by Gasteiger charge is -2.29. The Kier molecular flexibility index (Phi) is 8.10. The first kappa shape index (κ1) is 18.8. The van der Waals surface area contributed by atoms with Crippen LogP contribution < -0.4 is 10.1 Å². The molecule has 1 fully saturated rings. The number of aliphatic hydroxyl groups is 1. The lowest BCUT2D eigenvalue weighted by molar-refractivity contribution is 0.0916. The molecule has 134 valence electrons. The summed E-state index contributed by atoms with van der Waals surface area (Å²) in [4.78, 5) is 12.6. The highest BCUT2D eigenvalue weighted by molar-refractivity contribution is 5.97. The van der Waals surface area contributed by atoms with Gasteiger partial charge in [0.15, 0.2) is 0 Å². The highest BCUT2D eigenvalue weighted by Gasteiger charge is 2.23. The summed E-state index contributed by atoms with van der Waals surface area (Å²) in [7, 11) is 0. The van der Waals surface area contributed by atoms with Crippen LogP contribution in [0.2, 0.25) is 0 Å². The quantitative estimate of drug-likeness (QED) is 0.673. The Morgan fingerprint density at radius 2 is 1.96 bits per heavy atom. The van der Waals surface area contributed by atoms with Gasteiger partial charge >= 0.3 is 0 Å². The van der Waals surface area contributed by atoms with E-state index in [9.17, 15) is 4.79 Å². The van der Waals surface area contributed by atoms with E-state index in [1.807, 2.05) is 18.2 Å². The van der Waals surface area contributed by atoms with Crippen molar-refractivity contribution in [3.05, 3.63) is 29.8 Å². The maximum atomic E-state index is 12.6. The minimum atomic E-state index is -0.0494. The standard InChI is InChI=1S/C20H31NO3/c1-2-3-7-16-10-12-17(13-11-16)21-20(23)18-8-4-5-9-19(18)24-15-6-14-22/h4-5,8-9,16-17,22H,2-3,6-7,10-15H2,1H3,(H,21,23). The normalized spacial score (nSPS) is 20.6. The van der Waals surface area contributed by atoms with Crippen LogP contribution in [0.25, 0.3) is 0 Å². The summed E-state index contributed by atoms with van der Waals surface area (Å²) in [5, 5.41) is 12.0. The van der Waals surface area contributed by atoms with Crippen molar-refractivity contribution in [2.24, 2.45) is 5.92 Å². The Hall–Kier alpha value is -1.55. The van der Waals surface area contributed by atoms with Gasteiger partial charge in [-0.25, -0.2) is 0 Å². The van der Waals surface area contributed by atoms with E-state index in [1.54, 1.807) is 6.07 Å². The second-order valence-corrected chi connectivity index (χ2v) is 6.76. The number of para-hydroxylation sites is 1. The van der Waals surface area contributed by atoms with Crippen molar-refractivity contribution < 1.29 is 14.6 Å². The molecule has 1 aliphatic carbocycles. The van der Waals surface area contributed by atoms with Crippen molar-refractivity contribution >= 4 is 5.91 Å². The Bertz CT molecular complexity index is 495. The third-order valence-corrected chi connectivity index (χ3v) is 4.84. The zero-order chi connectivity index (χ0) is 17.2. The van der Waals surface area contributed by atoms with Crippen molar-refractivity contribution in [1.82, 2.24) is 5.32 Å². The lowest BCUT2D eigenvalue weighted by Crippen LogP contribution is -2.37. The molecule has 1 aromatic carbocycles. The molecule has 0 spiro atoms. The molecule has 4 heteroatoms. The van der Waals surface area contributed by atoms with Gasteiger partial charge in [-0.3, -0.25) is 4.79 Å². The third kappa shape index (κ3) is 5.82. The summed E-state index contributed by atoms with van der Waals surface area (Å²) >= 11 is 0. The van der Waals surface area contributed by atoms with Crippen LogP contribution in [0.4, 0.5) is 0 Å². The number of unbranched alkanes of at least 4 members (excludes halogenated alkanes) is 1. The summed E-state index contributed by atoms with van der Waals surface area (Å²) in [5.74, 6) is 1.39. The van der Waals surface area contributed by atoms with E-state index in [0.29, 0.717) is 24.3 Å². The molecule has 1 aliphatic rings. The van der Waals surface area contributed by atoms with Gasteiger partial charge in [0.05, 0.1) is 12.2 Å². The molecule has 0 atom stereocenters. The molecule has 0 radical (unpaired) electrons. The molecule has 2 N–H and O–H groups in total. The number of aliphatic hydroxyl groups excluding tert-OH is 1. The largest absolute Gasteiger partial charge is 0.493 e. The van der Waals surface area contributed by atoms with E-state index >= 15 is 0 Å². The fraction of sp³-hybridized carbons (Fsp3) is 0.650. The van der Waals surface area contributed by atoms with E-state index in [-0.39, 0.29) is 18.6 Å². The molecule has 0 unspecified atom stereocenters. The Labute approximate surface area is 145 Å². The van der Waals surface area contributed by atoms with Crippen LogP contribution in [0.3, 0.4) is 0 Å². The Balaban J connectivity index is 1.84. The molecule has 1 amide bonds. The molecule has 0 aromatic heterocycles. The molecule has 0 bridgehead atoms. The first-order chi connectivity index (χ1) is 11.7. The Morgan fingerprint density at radius 1 is 1.21 bits per heavy atom. The molecule has 0 heterocycles. The van der Waals surface area contributed by atoms with E-state index in [2.05, 4.69) is 12.2 Å². The van der Waals surface area contributed by atoms with Gasteiger partial charge in [0.25, 0.3) is 5.91 Å². The number of nitrogens with one attached hydrogen (secondary N) is 1. The summed E-state index contributed by atoms with van der Waals surface area (Å²) in [6.07, 6.45) is 9.08. The number of carbonyl (C=O) groups excluding carboxylic acids is 1. The van der Waals surface area contributed by atoms with E-state index in [1.165, 1.54) is 32.1 Å². The molecule has 1 saturated carbocycles. The minimum Gasteiger partial charge on any atom is -0.493 e. The molecule has 0 saturated heterocycles. The molecular weight excluding hydrogens is 302 g/mol. The molecule has 2 rings (SSSR count). The summed E-state index contributed by atoms with van der Waals surface area (Å²) in [6.45, 7) is 2.75. The molecule has 24 heavy (non-hydrogen) atoms. The van der Waals surface area contributed by atoms with Gasteiger partial charge < -0.3 is 15.2 Å². The number of hydrogen-bond acceptors (Lipinski definition) is 3. The second-order valence-electron chi connectivity index (χ2n) is 6.76. The van der Waals surface area contributed by atoms with E-state index in [4.69, 9.17) is 9.84 Å². The van der Waals surface area contributed by atoms with Gasteiger partial charge in [-0.1, -0.05) is 38.3 Å². The number of amides is 1. The average molecular weight is 333 g/mol. The van der Waals surface area contributed by atoms with E-state index < -0.39 is 0 Å². The zero-order valence-electron chi connectivity index (χ0n) is 14.8. The van der Waals surface area contributed by atoms with Crippen LogP contribution >= 0.6 is 0 Å².